The molecule has 0 amide bonds. The Morgan fingerprint density at radius 3 is 3.05 bits per heavy atom. The van der Waals surface area contributed by atoms with E-state index in [4.69, 9.17) is 4.74 Å². The molecule has 0 radical (unpaired) electrons. The minimum atomic E-state index is -0.516. The second-order valence-electron chi connectivity index (χ2n) is 6.23. The third-order valence-corrected chi connectivity index (χ3v) is 5.12. The van der Waals surface area contributed by atoms with Gasteiger partial charge in [0.05, 0.1) is 7.11 Å². The monoisotopic (exact) mass is 284 g/mol. The van der Waals surface area contributed by atoms with Gasteiger partial charge in [0.1, 0.15) is 5.41 Å². The van der Waals surface area contributed by atoms with Crippen molar-refractivity contribution in [3.63, 3.8) is 0 Å². The molecule has 2 unspecified atom stereocenters. The number of carbonyl (C=O) groups excluding carboxylic acids is 1. The fourth-order valence-corrected chi connectivity index (χ4v) is 4.14. The van der Waals surface area contributed by atoms with Crippen molar-refractivity contribution in [2.24, 2.45) is 0 Å². The van der Waals surface area contributed by atoms with Crippen molar-refractivity contribution in [1.82, 2.24) is 9.88 Å². The Morgan fingerprint density at radius 1 is 1.33 bits per heavy atom. The Hall–Kier alpha value is -1.81. The number of ether oxygens (including phenoxy) is 1. The fourth-order valence-electron chi connectivity index (χ4n) is 4.14. The average Bonchev–Trinajstić information content (AvgIpc) is 2.86. The van der Waals surface area contributed by atoms with Gasteiger partial charge in [-0.1, -0.05) is 18.2 Å². The molecule has 1 aromatic carbocycles. The first-order chi connectivity index (χ1) is 10.2. The maximum absolute atomic E-state index is 12.6. The van der Waals surface area contributed by atoms with E-state index in [1.165, 1.54) is 18.1 Å². The van der Waals surface area contributed by atoms with Crippen LogP contribution in [-0.2, 0) is 21.4 Å². The third kappa shape index (κ3) is 1.75. The van der Waals surface area contributed by atoms with Crippen molar-refractivity contribution in [2.75, 3.05) is 26.7 Å². The molecular formula is C17H20N2O2. The largest absolute Gasteiger partial charge is 0.468 e. The molecular weight excluding hydrogens is 264 g/mol. The van der Waals surface area contributed by atoms with Crippen molar-refractivity contribution in [1.29, 1.82) is 0 Å². The number of H-pyrrole nitrogens is 1. The lowest BCUT2D eigenvalue weighted by Crippen LogP contribution is -2.50. The van der Waals surface area contributed by atoms with E-state index in [1.54, 1.807) is 0 Å². The smallest absolute Gasteiger partial charge is 0.319 e. The second-order valence-corrected chi connectivity index (χ2v) is 6.23. The molecule has 4 rings (SSSR count). The number of carbonyl (C=O) groups is 1. The van der Waals surface area contributed by atoms with Crippen LogP contribution in [0.3, 0.4) is 0 Å². The molecule has 4 nitrogen and oxygen atoms in total. The van der Waals surface area contributed by atoms with Gasteiger partial charge in [0.15, 0.2) is 0 Å². The van der Waals surface area contributed by atoms with Gasteiger partial charge >= 0.3 is 5.97 Å². The molecule has 2 aliphatic rings. The molecule has 4 heteroatoms. The van der Waals surface area contributed by atoms with Crippen molar-refractivity contribution in [3.05, 3.63) is 35.5 Å². The SMILES string of the molecule is COC(=O)C12CCCN(CCc3c1[nH]c1ccccc31)C2. The molecule has 1 saturated heterocycles. The number of nitrogens with one attached hydrogen (secondary N) is 1. The number of rotatable bonds is 1. The minimum Gasteiger partial charge on any atom is -0.468 e. The van der Waals surface area contributed by atoms with Crippen LogP contribution in [0, 0.1) is 0 Å². The summed E-state index contributed by atoms with van der Waals surface area (Å²) in [4.78, 5) is 18.6. The van der Waals surface area contributed by atoms with E-state index in [0.29, 0.717) is 0 Å². The van der Waals surface area contributed by atoms with Gasteiger partial charge in [0, 0.05) is 29.7 Å². The van der Waals surface area contributed by atoms with E-state index in [2.05, 4.69) is 28.1 Å². The van der Waals surface area contributed by atoms with Crippen LogP contribution in [0.2, 0.25) is 0 Å². The van der Waals surface area contributed by atoms with Gasteiger partial charge < -0.3 is 14.6 Å². The van der Waals surface area contributed by atoms with Crippen LogP contribution < -0.4 is 0 Å². The van der Waals surface area contributed by atoms with Crippen molar-refractivity contribution in [2.45, 2.75) is 24.7 Å². The molecule has 2 atom stereocenters. The highest BCUT2D eigenvalue weighted by Gasteiger charge is 2.48. The Balaban J connectivity index is 1.98. The van der Waals surface area contributed by atoms with Gasteiger partial charge in [0.2, 0.25) is 0 Å². The summed E-state index contributed by atoms with van der Waals surface area (Å²) in [5.41, 5.74) is 3.01. The lowest BCUT2D eigenvalue weighted by Gasteiger charge is -2.38. The summed E-state index contributed by atoms with van der Waals surface area (Å²) in [5, 5.41) is 1.25. The molecule has 2 bridgehead atoms. The Bertz CT molecular complexity index is 706. The molecule has 1 fully saturated rings. The molecule has 2 aliphatic heterocycles. The number of methoxy groups -OCH3 is 1. The molecule has 1 aromatic heterocycles. The Morgan fingerprint density at radius 2 is 2.19 bits per heavy atom. The van der Waals surface area contributed by atoms with E-state index in [1.807, 2.05) is 6.07 Å². The summed E-state index contributed by atoms with van der Waals surface area (Å²) < 4.78 is 5.19. The van der Waals surface area contributed by atoms with Gasteiger partial charge in [-0.25, -0.2) is 0 Å². The Kier molecular flexibility index (Phi) is 2.82. The highest BCUT2D eigenvalue weighted by Crippen LogP contribution is 2.41. The zero-order chi connectivity index (χ0) is 14.4. The first-order valence-corrected chi connectivity index (χ1v) is 7.65. The van der Waals surface area contributed by atoms with E-state index in [-0.39, 0.29) is 5.97 Å². The number of hydrogen-bond acceptors (Lipinski definition) is 3. The van der Waals surface area contributed by atoms with E-state index >= 15 is 0 Å². The normalized spacial score (nSPS) is 28.0. The maximum atomic E-state index is 12.6. The number of para-hydroxylation sites is 1. The highest BCUT2D eigenvalue weighted by atomic mass is 16.5. The summed E-state index contributed by atoms with van der Waals surface area (Å²) in [7, 11) is 1.50. The zero-order valence-electron chi connectivity index (χ0n) is 12.3. The average molecular weight is 284 g/mol. The number of aromatic amines is 1. The first-order valence-electron chi connectivity index (χ1n) is 7.65. The minimum absolute atomic E-state index is 0.0955. The van der Waals surface area contributed by atoms with Gasteiger partial charge in [-0.3, -0.25) is 4.79 Å². The number of hydrogen-bond donors (Lipinski definition) is 1. The number of nitrogens with zero attached hydrogens (tertiary/aromatic N) is 1. The number of esters is 1. The van der Waals surface area contributed by atoms with Gasteiger partial charge in [-0.05, 0) is 37.4 Å². The molecule has 0 aliphatic carbocycles. The molecule has 0 spiro atoms. The van der Waals surface area contributed by atoms with Crippen LogP contribution in [0.25, 0.3) is 10.9 Å². The van der Waals surface area contributed by atoms with Crippen molar-refractivity contribution < 1.29 is 9.53 Å². The zero-order valence-corrected chi connectivity index (χ0v) is 12.3. The summed E-state index contributed by atoms with van der Waals surface area (Å²) in [6.45, 7) is 2.88. The summed E-state index contributed by atoms with van der Waals surface area (Å²) in [6.07, 6.45) is 2.91. The number of piperidine rings is 1. The predicted molar refractivity (Wildman–Crippen MR) is 81.4 cm³/mol. The van der Waals surface area contributed by atoms with Gasteiger partial charge in [0.25, 0.3) is 0 Å². The number of fused-ring (bicyclic) bond motifs is 6. The van der Waals surface area contributed by atoms with Crippen molar-refractivity contribution in [3.8, 4) is 0 Å². The highest BCUT2D eigenvalue weighted by molar-refractivity contribution is 5.91. The Labute approximate surface area is 124 Å². The number of benzene rings is 1. The summed E-state index contributed by atoms with van der Waals surface area (Å²) in [5.74, 6) is -0.0955. The predicted octanol–water partition coefficient (Wildman–Crippen LogP) is 2.23. The standard InChI is InChI=1S/C17H20N2O2/c1-21-16(20)17-8-4-9-19(11-17)10-7-13-12-5-2-3-6-14(12)18-15(13)17/h2-3,5-6,18H,4,7-11H2,1H3. The molecule has 110 valence electrons. The van der Waals surface area contributed by atoms with Gasteiger partial charge in [-0.15, -0.1) is 0 Å². The lowest BCUT2D eigenvalue weighted by molar-refractivity contribution is -0.150. The van der Waals surface area contributed by atoms with E-state index < -0.39 is 5.41 Å². The summed E-state index contributed by atoms with van der Waals surface area (Å²) >= 11 is 0. The van der Waals surface area contributed by atoms with E-state index in [9.17, 15) is 4.79 Å². The van der Waals surface area contributed by atoms with Crippen LogP contribution in [0.4, 0.5) is 0 Å². The molecule has 21 heavy (non-hydrogen) atoms. The quantitative estimate of drug-likeness (QED) is 0.817. The lowest BCUT2D eigenvalue weighted by atomic mass is 9.76. The molecule has 1 N–H and O–H groups in total. The van der Waals surface area contributed by atoms with Crippen LogP contribution in [0.15, 0.2) is 24.3 Å². The molecule has 0 saturated carbocycles. The van der Waals surface area contributed by atoms with Crippen LogP contribution >= 0.6 is 0 Å². The molecule has 3 heterocycles. The summed E-state index contributed by atoms with van der Waals surface area (Å²) in [6, 6.07) is 8.35. The fraction of sp³-hybridized carbons (Fsp3) is 0.471. The second kappa shape index (κ2) is 4.60. The first kappa shape index (κ1) is 12.9. The van der Waals surface area contributed by atoms with Crippen LogP contribution in [0.1, 0.15) is 24.1 Å². The van der Waals surface area contributed by atoms with Crippen LogP contribution in [-0.4, -0.2) is 42.6 Å². The maximum Gasteiger partial charge on any atom is 0.319 e. The molecule has 2 aromatic rings. The van der Waals surface area contributed by atoms with E-state index in [0.717, 1.165) is 50.1 Å². The number of aromatic nitrogens is 1. The third-order valence-electron chi connectivity index (χ3n) is 5.12. The van der Waals surface area contributed by atoms with Gasteiger partial charge in [-0.2, -0.15) is 0 Å². The van der Waals surface area contributed by atoms with Crippen molar-refractivity contribution >= 4 is 16.9 Å². The topological polar surface area (TPSA) is 45.3 Å². The van der Waals surface area contributed by atoms with Crippen LogP contribution in [0.5, 0.6) is 0 Å².